The third-order valence-corrected chi connectivity index (χ3v) is 3.99. The van der Waals surface area contributed by atoms with Gasteiger partial charge in [-0.05, 0) is 47.2 Å². The molecule has 0 heterocycles. The lowest BCUT2D eigenvalue weighted by molar-refractivity contribution is 0.711. The van der Waals surface area contributed by atoms with Crippen molar-refractivity contribution >= 4 is 5.69 Å². The second-order valence-corrected chi connectivity index (χ2v) is 5.32. The van der Waals surface area contributed by atoms with Crippen LogP contribution in [0.3, 0.4) is 0 Å². The molecule has 0 fully saturated rings. The quantitative estimate of drug-likeness (QED) is 0.758. The highest BCUT2D eigenvalue weighted by atomic mass is 14.9. The SMILES string of the molecule is CCC(CC#N)Nc1ccc2c(c1)Cc1ccccc1-2. The summed E-state index contributed by atoms with van der Waals surface area (Å²) in [5.41, 5.74) is 6.61. The van der Waals surface area contributed by atoms with Crippen LogP contribution in [0.2, 0.25) is 0 Å². The molecule has 0 saturated heterocycles. The van der Waals surface area contributed by atoms with Crippen molar-refractivity contribution in [3.63, 3.8) is 0 Å². The van der Waals surface area contributed by atoms with Gasteiger partial charge in [0, 0.05) is 11.7 Å². The van der Waals surface area contributed by atoms with E-state index in [0.29, 0.717) is 6.42 Å². The van der Waals surface area contributed by atoms with Crippen LogP contribution in [0.1, 0.15) is 30.9 Å². The molecule has 0 aromatic heterocycles. The second kappa shape index (κ2) is 5.38. The van der Waals surface area contributed by atoms with Crippen LogP contribution in [0.25, 0.3) is 11.1 Å². The van der Waals surface area contributed by atoms with Crippen LogP contribution < -0.4 is 5.32 Å². The van der Waals surface area contributed by atoms with Crippen LogP contribution in [-0.2, 0) is 6.42 Å². The molecule has 2 aromatic carbocycles. The Labute approximate surface area is 120 Å². The number of rotatable bonds is 4. The predicted molar refractivity (Wildman–Crippen MR) is 82.6 cm³/mol. The minimum absolute atomic E-state index is 0.238. The molecule has 2 heteroatoms. The number of fused-ring (bicyclic) bond motifs is 3. The molecule has 0 aliphatic heterocycles. The molecular weight excluding hydrogens is 244 g/mol. The van der Waals surface area contributed by atoms with E-state index < -0.39 is 0 Å². The minimum Gasteiger partial charge on any atom is -0.381 e. The van der Waals surface area contributed by atoms with Crippen LogP contribution in [-0.4, -0.2) is 6.04 Å². The summed E-state index contributed by atoms with van der Waals surface area (Å²) in [6.07, 6.45) is 2.52. The number of hydrogen-bond donors (Lipinski definition) is 1. The Morgan fingerprint density at radius 1 is 1.15 bits per heavy atom. The van der Waals surface area contributed by atoms with E-state index in [-0.39, 0.29) is 6.04 Å². The van der Waals surface area contributed by atoms with Crippen molar-refractivity contribution < 1.29 is 0 Å². The van der Waals surface area contributed by atoms with Crippen LogP contribution in [0.4, 0.5) is 5.69 Å². The van der Waals surface area contributed by atoms with Crippen LogP contribution >= 0.6 is 0 Å². The van der Waals surface area contributed by atoms with Crippen molar-refractivity contribution in [2.75, 3.05) is 5.32 Å². The summed E-state index contributed by atoms with van der Waals surface area (Å²) in [6, 6.07) is 17.6. The van der Waals surface area contributed by atoms with Crippen LogP contribution in [0.15, 0.2) is 42.5 Å². The molecule has 0 spiro atoms. The average molecular weight is 262 g/mol. The third kappa shape index (κ3) is 2.28. The molecule has 1 aliphatic carbocycles. The molecule has 20 heavy (non-hydrogen) atoms. The molecule has 1 aliphatic rings. The van der Waals surface area contributed by atoms with Gasteiger partial charge in [-0.3, -0.25) is 0 Å². The molecule has 0 radical (unpaired) electrons. The first kappa shape index (κ1) is 12.7. The maximum absolute atomic E-state index is 8.83. The molecule has 2 nitrogen and oxygen atoms in total. The molecule has 0 amide bonds. The Bertz CT molecular complexity index is 667. The molecule has 2 aromatic rings. The standard InChI is InChI=1S/C18H18N2/c1-2-15(9-10-19)20-16-7-8-18-14(12-16)11-13-5-3-4-6-17(13)18/h3-8,12,15,20H,2,9,11H2,1H3. The summed E-state index contributed by atoms with van der Waals surface area (Å²) >= 11 is 0. The first-order valence-corrected chi connectivity index (χ1v) is 7.16. The topological polar surface area (TPSA) is 35.8 Å². The van der Waals surface area contributed by atoms with Gasteiger partial charge in [0.2, 0.25) is 0 Å². The van der Waals surface area contributed by atoms with Crippen molar-refractivity contribution in [2.45, 2.75) is 32.2 Å². The Morgan fingerprint density at radius 2 is 1.95 bits per heavy atom. The highest BCUT2D eigenvalue weighted by molar-refractivity contribution is 5.78. The highest BCUT2D eigenvalue weighted by Gasteiger charge is 2.18. The van der Waals surface area contributed by atoms with Gasteiger partial charge in [0.15, 0.2) is 0 Å². The van der Waals surface area contributed by atoms with Gasteiger partial charge in [0.1, 0.15) is 0 Å². The number of benzene rings is 2. The van der Waals surface area contributed by atoms with Crippen molar-refractivity contribution in [1.29, 1.82) is 5.26 Å². The van der Waals surface area contributed by atoms with Gasteiger partial charge in [-0.15, -0.1) is 0 Å². The Morgan fingerprint density at radius 3 is 2.75 bits per heavy atom. The van der Waals surface area contributed by atoms with Crippen molar-refractivity contribution in [3.05, 3.63) is 53.6 Å². The van der Waals surface area contributed by atoms with E-state index in [1.807, 2.05) is 0 Å². The fourth-order valence-electron chi connectivity index (χ4n) is 2.88. The molecule has 100 valence electrons. The average Bonchev–Trinajstić information content (AvgIpc) is 2.84. The third-order valence-electron chi connectivity index (χ3n) is 3.99. The number of nitriles is 1. The van der Waals surface area contributed by atoms with Crippen LogP contribution in [0.5, 0.6) is 0 Å². The summed E-state index contributed by atoms with van der Waals surface area (Å²) in [5.74, 6) is 0. The zero-order valence-corrected chi connectivity index (χ0v) is 11.7. The minimum atomic E-state index is 0.238. The zero-order valence-electron chi connectivity index (χ0n) is 11.7. The fourth-order valence-corrected chi connectivity index (χ4v) is 2.88. The maximum Gasteiger partial charge on any atom is 0.0643 e. The van der Waals surface area contributed by atoms with E-state index >= 15 is 0 Å². The Kier molecular flexibility index (Phi) is 3.43. The van der Waals surface area contributed by atoms with E-state index in [1.54, 1.807) is 0 Å². The number of nitrogens with zero attached hydrogens (tertiary/aromatic N) is 1. The number of anilines is 1. The summed E-state index contributed by atoms with van der Waals surface area (Å²) in [6.45, 7) is 2.11. The molecule has 1 N–H and O–H groups in total. The molecule has 0 bridgehead atoms. The summed E-state index contributed by atoms with van der Waals surface area (Å²) in [5, 5.41) is 12.3. The molecular formula is C18H18N2. The monoisotopic (exact) mass is 262 g/mol. The van der Waals surface area contributed by atoms with Gasteiger partial charge < -0.3 is 5.32 Å². The highest BCUT2D eigenvalue weighted by Crippen LogP contribution is 2.37. The zero-order chi connectivity index (χ0) is 13.9. The predicted octanol–water partition coefficient (Wildman–Crippen LogP) is 4.36. The van der Waals surface area contributed by atoms with E-state index in [9.17, 15) is 0 Å². The first-order valence-electron chi connectivity index (χ1n) is 7.16. The number of nitrogens with one attached hydrogen (secondary N) is 1. The Hall–Kier alpha value is -2.27. The van der Waals surface area contributed by atoms with E-state index in [2.05, 4.69) is 60.8 Å². The van der Waals surface area contributed by atoms with E-state index in [4.69, 9.17) is 5.26 Å². The summed E-state index contributed by atoms with van der Waals surface area (Å²) < 4.78 is 0. The lowest BCUT2D eigenvalue weighted by atomic mass is 10.0. The lowest BCUT2D eigenvalue weighted by Gasteiger charge is -2.16. The maximum atomic E-state index is 8.83. The smallest absolute Gasteiger partial charge is 0.0643 e. The summed E-state index contributed by atoms with van der Waals surface area (Å²) in [4.78, 5) is 0. The summed E-state index contributed by atoms with van der Waals surface area (Å²) in [7, 11) is 0. The van der Waals surface area contributed by atoms with Gasteiger partial charge in [0.05, 0.1) is 12.5 Å². The van der Waals surface area contributed by atoms with Gasteiger partial charge in [-0.1, -0.05) is 37.3 Å². The second-order valence-electron chi connectivity index (χ2n) is 5.32. The van der Waals surface area contributed by atoms with Crippen molar-refractivity contribution in [1.82, 2.24) is 0 Å². The lowest BCUT2D eigenvalue weighted by Crippen LogP contribution is -2.17. The van der Waals surface area contributed by atoms with E-state index in [1.165, 1.54) is 22.3 Å². The molecule has 3 rings (SSSR count). The fraction of sp³-hybridized carbons (Fsp3) is 0.278. The van der Waals surface area contributed by atoms with Gasteiger partial charge >= 0.3 is 0 Å². The van der Waals surface area contributed by atoms with Crippen molar-refractivity contribution in [3.8, 4) is 17.2 Å². The van der Waals surface area contributed by atoms with Gasteiger partial charge in [-0.2, -0.15) is 5.26 Å². The molecule has 1 unspecified atom stereocenters. The van der Waals surface area contributed by atoms with Crippen LogP contribution in [0, 0.1) is 11.3 Å². The van der Waals surface area contributed by atoms with Crippen molar-refractivity contribution in [2.24, 2.45) is 0 Å². The number of hydrogen-bond acceptors (Lipinski definition) is 2. The van der Waals surface area contributed by atoms with E-state index in [0.717, 1.165) is 18.5 Å². The Balaban J connectivity index is 1.86. The normalized spacial score (nSPS) is 13.2. The molecule has 1 atom stereocenters. The largest absolute Gasteiger partial charge is 0.381 e. The van der Waals surface area contributed by atoms with Gasteiger partial charge in [-0.25, -0.2) is 0 Å². The first-order chi connectivity index (χ1) is 9.81. The molecule has 0 saturated carbocycles. The van der Waals surface area contributed by atoms with Gasteiger partial charge in [0.25, 0.3) is 0 Å².